The fourth-order valence-electron chi connectivity index (χ4n) is 2.87. The molecule has 0 saturated carbocycles. The molecule has 128 valence electrons. The van der Waals surface area contributed by atoms with Crippen molar-refractivity contribution in [2.45, 2.75) is 39.3 Å². The minimum Gasteiger partial charge on any atom is -0.487 e. The molecule has 3 rings (SSSR count). The third kappa shape index (κ3) is 2.50. The van der Waals surface area contributed by atoms with Crippen LogP contribution in [0.3, 0.4) is 0 Å². The SMILES string of the molecule is CC1COc2c(NC(C)(C)C)c(F)cc3c(=O)c(C(=O)O)cn1c23. The number of anilines is 1. The van der Waals surface area contributed by atoms with E-state index in [9.17, 15) is 19.1 Å². The maximum atomic E-state index is 14.6. The first kappa shape index (κ1) is 16.3. The van der Waals surface area contributed by atoms with Crippen LogP contribution in [0.15, 0.2) is 17.1 Å². The van der Waals surface area contributed by atoms with Crippen molar-refractivity contribution in [3.63, 3.8) is 0 Å². The van der Waals surface area contributed by atoms with Gasteiger partial charge in [-0.1, -0.05) is 0 Å². The van der Waals surface area contributed by atoms with Crippen molar-refractivity contribution in [3.05, 3.63) is 33.9 Å². The number of pyridine rings is 1. The minimum atomic E-state index is -1.33. The highest BCUT2D eigenvalue weighted by Gasteiger charge is 2.29. The van der Waals surface area contributed by atoms with Crippen molar-refractivity contribution in [1.82, 2.24) is 4.57 Å². The first-order chi connectivity index (χ1) is 11.1. The summed E-state index contributed by atoms with van der Waals surface area (Å²) in [6.45, 7) is 7.76. The molecule has 2 aromatic rings. The number of hydrogen-bond acceptors (Lipinski definition) is 4. The Hall–Kier alpha value is -2.57. The topological polar surface area (TPSA) is 80.6 Å². The average Bonchev–Trinajstić information content (AvgIpc) is 2.46. The summed E-state index contributed by atoms with van der Waals surface area (Å²) < 4.78 is 22.0. The molecule has 6 nitrogen and oxygen atoms in total. The van der Waals surface area contributed by atoms with Crippen LogP contribution in [0.4, 0.5) is 10.1 Å². The number of rotatable bonds is 2. The third-order valence-electron chi connectivity index (χ3n) is 3.90. The van der Waals surface area contributed by atoms with Crippen LogP contribution in [0.25, 0.3) is 10.9 Å². The number of carboxylic acid groups (broad SMARTS) is 1. The predicted molar refractivity (Wildman–Crippen MR) is 88.7 cm³/mol. The second-order valence-corrected chi connectivity index (χ2v) is 7.08. The monoisotopic (exact) mass is 334 g/mol. The molecule has 1 unspecified atom stereocenters. The zero-order valence-electron chi connectivity index (χ0n) is 13.9. The van der Waals surface area contributed by atoms with Crippen molar-refractivity contribution in [2.75, 3.05) is 11.9 Å². The maximum absolute atomic E-state index is 14.6. The molecule has 1 aliphatic rings. The van der Waals surface area contributed by atoms with Gasteiger partial charge < -0.3 is 19.7 Å². The third-order valence-corrected chi connectivity index (χ3v) is 3.90. The highest BCUT2D eigenvalue weighted by atomic mass is 19.1. The molecule has 2 heterocycles. The van der Waals surface area contributed by atoms with E-state index in [1.807, 2.05) is 27.7 Å². The van der Waals surface area contributed by atoms with Gasteiger partial charge in [0, 0.05) is 11.7 Å². The molecule has 0 bridgehead atoms. The number of ether oxygens (including phenoxy) is 1. The van der Waals surface area contributed by atoms with Gasteiger partial charge in [0.2, 0.25) is 5.43 Å². The summed E-state index contributed by atoms with van der Waals surface area (Å²) in [4.78, 5) is 23.8. The zero-order chi connectivity index (χ0) is 17.8. The van der Waals surface area contributed by atoms with E-state index in [4.69, 9.17) is 4.74 Å². The lowest BCUT2D eigenvalue weighted by molar-refractivity contribution is 0.0694. The molecule has 0 radical (unpaired) electrons. The standard InChI is InChI=1S/C17H19FN2O4/c1-8-7-24-15-12(19-17(2,3)4)11(18)5-9-13(15)20(8)6-10(14(9)21)16(22)23/h5-6,8,19H,7H2,1-4H3,(H,22,23). The van der Waals surface area contributed by atoms with Gasteiger partial charge in [-0.3, -0.25) is 4.79 Å². The fourth-order valence-corrected chi connectivity index (χ4v) is 2.87. The van der Waals surface area contributed by atoms with Gasteiger partial charge in [0.15, 0.2) is 11.6 Å². The molecule has 0 fully saturated rings. The van der Waals surface area contributed by atoms with E-state index < -0.39 is 22.8 Å². The summed E-state index contributed by atoms with van der Waals surface area (Å²) in [5.74, 6) is -1.73. The van der Waals surface area contributed by atoms with E-state index >= 15 is 0 Å². The first-order valence-corrected chi connectivity index (χ1v) is 7.66. The van der Waals surface area contributed by atoms with Gasteiger partial charge in [0.1, 0.15) is 17.9 Å². The zero-order valence-corrected chi connectivity index (χ0v) is 13.9. The number of carbonyl (C=O) groups is 1. The van der Waals surface area contributed by atoms with Crippen LogP contribution in [0.1, 0.15) is 44.1 Å². The molecule has 0 saturated heterocycles. The van der Waals surface area contributed by atoms with Crippen molar-refractivity contribution in [3.8, 4) is 5.75 Å². The van der Waals surface area contributed by atoms with Crippen LogP contribution in [-0.2, 0) is 0 Å². The van der Waals surface area contributed by atoms with E-state index in [2.05, 4.69) is 5.32 Å². The Morgan fingerprint density at radius 1 is 1.46 bits per heavy atom. The Balaban J connectivity index is 2.43. The van der Waals surface area contributed by atoms with Crippen LogP contribution in [0.2, 0.25) is 0 Å². The highest BCUT2D eigenvalue weighted by molar-refractivity contribution is 5.97. The Bertz CT molecular complexity index is 912. The molecule has 1 atom stereocenters. The number of aromatic nitrogens is 1. The molecule has 0 spiro atoms. The largest absolute Gasteiger partial charge is 0.487 e. The van der Waals surface area contributed by atoms with Crippen LogP contribution in [-0.4, -0.2) is 27.8 Å². The highest BCUT2D eigenvalue weighted by Crippen LogP contribution is 2.40. The summed E-state index contributed by atoms with van der Waals surface area (Å²) in [5, 5.41) is 12.3. The molecular formula is C17H19FN2O4. The van der Waals surface area contributed by atoms with E-state index in [1.165, 1.54) is 6.20 Å². The molecule has 1 aromatic carbocycles. The smallest absolute Gasteiger partial charge is 0.341 e. The summed E-state index contributed by atoms with van der Waals surface area (Å²) >= 11 is 0. The Labute approximate surface area is 137 Å². The number of benzene rings is 1. The molecule has 7 heteroatoms. The van der Waals surface area contributed by atoms with E-state index in [0.717, 1.165) is 6.07 Å². The number of carboxylic acids is 1. The lowest BCUT2D eigenvalue weighted by Gasteiger charge is -2.31. The summed E-state index contributed by atoms with van der Waals surface area (Å²) in [5.41, 5.74) is -0.911. The van der Waals surface area contributed by atoms with E-state index in [0.29, 0.717) is 5.52 Å². The summed E-state index contributed by atoms with van der Waals surface area (Å²) in [6.07, 6.45) is 1.31. The van der Waals surface area contributed by atoms with Gasteiger partial charge in [0.25, 0.3) is 0 Å². The minimum absolute atomic E-state index is 0.00779. The van der Waals surface area contributed by atoms with Crippen molar-refractivity contribution < 1.29 is 19.0 Å². The number of aromatic carboxylic acids is 1. The van der Waals surface area contributed by atoms with E-state index in [-0.39, 0.29) is 35.0 Å². The molecule has 2 N–H and O–H groups in total. The summed E-state index contributed by atoms with van der Waals surface area (Å²) in [7, 11) is 0. The predicted octanol–water partition coefficient (Wildman–Crippen LogP) is 3.00. The Morgan fingerprint density at radius 3 is 2.71 bits per heavy atom. The first-order valence-electron chi connectivity index (χ1n) is 7.66. The van der Waals surface area contributed by atoms with Crippen LogP contribution in [0, 0.1) is 5.82 Å². The van der Waals surface area contributed by atoms with Gasteiger partial charge in [-0.2, -0.15) is 0 Å². The second kappa shape index (κ2) is 5.22. The van der Waals surface area contributed by atoms with Gasteiger partial charge in [0.05, 0.1) is 16.9 Å². The van der Waals surface area contributed by atoms with Gasteiger partial charge in [-0.25, -0.2) is 9.18 Å². The van der Waals surface area contributed by atoms with Crippen LogP contribution in [0.5, 0.6) is 5.75 Å². The normalized spacial score (nSPS) is 16.8. The van der Waals surface area contributed by atoms with Gasteiger partial charge >= 0.3 is 5.97 Å². The van der Waals surface area contributed by atoms with E-state index in [1.54, 1.807) is 4.57 Å². The van der Waals surface area contributed by atoms with Crippen molar-refractivity contribution in [2.24, 2.45) is 0 Å². The second-order valence-electron chi connectivity index (χ2n) is 7.08. The summed E-state index contributed by atoms with van der Waals surface area (Å²) in [6, 6.07) is 0.909. The molecule has 1 aromatic heterocycles. The number of hydrogen-bond donors (Lipinski definition) is 2. The molecule has 0 amide bonds. The fraction of sp³-hybridized carbons (Fsp3) is 0.412. The Kier molecular flexibility index (Phi) is 3.55. The number of halogens is 1. The number of nitrogens with one attached hydrogen (secondary N) is 1. The van der Waals surface area contributed by atoms with Gasteiger partial charge in [-0.15, -0.1) is 0 Å². The van der Waals surface area contributed by atoms with Crippen molar-refractivity contribution in [1.29, 1.82) is 0 Å². The Morgan fingerprint density at radius 2 is 2.12 bits per heavy atom. The lowest BCUT2D eigenvalue weighted by atomic mass is 10.0. The molecular weight excluding hydrogens is 315 g/mol. The van der Waals surface area contributed by atoms with Crippen LogP contribution >= 0.6 is 0 Å². The quantitative estimate of drug-likeness (QED) is 0.882. The van der Waals surface area contributed by atoms with Crippen molar-refractivity contribution >= 4 is 22.6 Å². The molecule has 24 heavy (non-hydrogen) atoms. The molecule has 1 aliphatic heterocycles. The average molecular weight is 334 g/mol. The maximum Gasteiger partial charge on any atom is 0.341 e. The molecule has 0 aliphatic carbocycles. The number of nitrogens with zero attached hydrogens (tertiary/aromatic N) is 1. The van der Waals surface area contributed by atoms with Crippen LogP contribution < -0.4 is 15.5 Å². The lowest BCUT2D eigenvalue weighted by Crippen LogP contribution is -2.30. The van der Waals surface area contributed by atoms with Gasteiger partial charge in [-0.05, 0) is 33.8 Å².